The number of halogens is 4. The Labute approximate surface area is 159 Å². The van der Waals surface area contributed by atoms with E-state index in [0.29, 0.717) is 29.5 Å². The highest BCUT2D eigenvalue weighted by Gasteiger charge is 2.34. The largest absolute Gasteiger partial charge is 0.496 e. The van der Waals surface area contributed by atoms with E-state index in [1.165, 1.54) is 25.9 Å². The molecule has 0 heterocycles. The molecule has 10 heteroatoms. The Morgan fingerprint density at radius 1 is 1.15 bits per heavy atom. The van der Waals surface area contributed by atoms with Gasteiger partial charge in [0.25, 0.3) is 0 Å². The fraction of sp³-hybridized carbons (Fsp3) is 0.294. The molecule has 0 fully saturated rings. The van der Waals surface area contributed by atoms with E-state index in [0.717, 1.165) is 9.20 Å². The Kier molecular flexibility index (Phi) is 6.43. The van der Waals surface area contributed by atoms with Crippen molar-refractivity contribution in [2.24, 2.45) is 0 Å². The van der Waals surface area contributed by atoms with E-state index in [9.17, 15) is 26.0 Å². The predicted molar refractivity (Wildman–Crippen MR) is 94.8 cm³/mol. The van der Waals surface area contributed by atoms with Crippen LogP contribution >= 0.6 is 11.8 Å². The van der Waals surface area contributed by atoms with Crippen LogP contribution in [0, 0.1) is 5.82 Å². The van der Waals surface area contributed by atoms with Gasteiger partial charge in [-0.25, -0.2) is 12.8 Å². The average molecular weight is 423 g/mol. The first-order chi connectivity index (χ1) is 12.5. The first-order valence-electron chi connectivity index (χ1n) is 7.54. The minimum absolute atomic E-state index is 0.164. The maximum atomic E-state index is 14.0. The molecule has 0 aromatic heterocycles. The van der Waals surface area contributed by atoms with Crippen molar-refractivity contribution in [3.05, 3.63) is 53.3 Å². The van der Waals surface area contributed by atoms with Gasteiger partial charge in [0.1, 0.15) is 16.5 Å². The molecule has 27 heavy (non-hydrogen) atoms. The Morgan fingerprint density at radius 2 is 1.81 bits per heavy atom. The van der Waals surface area contributed by atoms with Gasteiger partial charge in [0.2, 0.25) is 10.0 Å². The maximum absolute atomic E-state index is 14.0. The van der Waals surface area contributed by atoms with Crippen LogP contribution in [0.2, 0.25) is 0 Å². The second-order valence-corrected chi connectivity index (χ2v) is 8.45. The molecule has 0 aliphatic rings. The van der Waals surface area contributed by atoms with Gasteiger partial charge in [0.15, 0.2) is 0 Å². The summed E-state index contributed by atoms with van der Waals surface area (Å²) in [6.07, 6.45) is -2.93. The smallest absolute Gasteiger partial charge is 0.416 e. The van der Waals surface area contributed by atoms with Crippen LogP contribution in [0.4, 0.5) is 17.6 Å². The van der Waals surface area contributed by atoms with Gasteiger partial charge < -0.3 is 4.74 Å². The number of rotatable bonds is 6. The van der Waals surface area contributed by atoms with Crippen LogP contribution in [0.25, 0.3) is 0 Å². The lowest BCUT2D eigenvalue weighted by Crippen LogP contribution is -2.27. The zero-order valence-corrected chi connectivity index (χ0v) is 16.3. The van der Waals surface area contributed by atoms with Gasteiger partial charge in [-0.2, -0.15) is 17.5 Å². The summed E-state index contributed by atoms with van der Waals surface area (Å²) >= 11 is 1.44. The van der Waals surface area contributed by atoms with Crippen LogP contribution in [0.5, 0.6) is 5.75 Å². The molecular weight excluding hydrogens is 406 g/mol. The number of hydrogen-bond donors (Lipinski definition) is 0. The molecule has 4 nitrogen and oxygen atoms in total. The Hall–Kier alpha value is -1.78. The van der Waals surface area contributed by atoms with E-state index in [4.69, 9.17) is 4.74 Å². The molecule has 2 aromatic rings. The second kappa shape index (κ2) is 8.07. The molecule has 0 bridgehead atoms. The monoisotopic (exact) mass is 423 g/mol. The zero-order valence-electron chi connectivity index (χ0n) is 14.7. The number of thioether (sulfide) groups is 1. The van der Waals surface area contributed by atoms with Gasteiger partial charge in [-0.1, -0.05) is 6.07 Å². The summed E-state index contributed by atoms with van der Waals surface area (Å²) in [5, 5.41) is 0. The molecule has 0 aliphatic carbocycles. The van der Waals surface area contributed by atoms with Crippen molar-refractivity contribution < 1.29 is 30.7 Å². The summed E-state index contributed by atoms with van der Waals surface area (Å²) in [4.78, 5) is -0.178. The number of alkyl halides is 3. The van der Waals surface area contributed by atoms with Gasteiger partial charge >= 0.3 is 6.18 Å². The summed E-state index contributed by atoms with van der Waals surface area (Å²) in [5.74, 6) is -0.707. The van der Waals surface area contributed by atoms with E-state index in [1.807, 2.05) is 6.26 Å². The topological polar surface area (TPSA) is 46.6 Å². The SMILES string of the molecule is COc1cc(CN(C)S(=O)(=O)c2cc(C(F)(F)F)ccc2F)ccc1SC. The quantitative estimate of drug-likeness (QED) is 0.511. The molecule has 0 atom stereocenters. The van der Waals surface area contributed by atoms with Crippen LogP contribution in [0.3, 0.4) is 0 Å². The van der Waals surface area contributed by atoms with Crippen molar-refractivity contribution >= 4 is 21.8 Å². The lowest BCUT2D eigenvalue weighted by Gasteiger charge is -2.19. The standard InChI is InChI=1S/C17H17F4NO3S2/c1-22(10-11-4-7-15(26-3)14(8-11)25-2)27(23,24)16-9-12(17(19,20)21)5-6-13(16)18/h4-9H,10H2,1-3H3. The lowest BCUT2D eigenvalue weighted by atomic mass is 10.2. The third-order valence-electron chi connectivity index (χ3n) is 3.80. The number of nitrogens with zero attached hydrogens (tertiary/aromatic N) is 1. The molecule has 2 aromatic carbocycles. The van der Waals surface area contributed by atoms with Gasteiger partial charge in [0, 0.05) is 18.5 Å². The predicted octanol–water partition coefficient (Wildman–Crippen LogP) is 4.40. The number of hydrogen-bond acceptors (Lipinski definition) is 4. The van der Waals surface area contributed by atoms with Crippen molar-refractivity contribution in [3.8, 4) is 5.75 Å². The summed E-state index contributed by atoms with van der Waals surface area (Å²) in [6, 6.07) is 6.34. The lowest BCUT2D eigenvalue weighted by molar-refractivity contribution is -0.137. The summed E-state index contributed by atoms with van der Waals surface area (Å²) in [7, 11) is -1.83. The van der Waals surface area contributed by atoms with E-state index < -0.39 is 32.5 Å². The number of ether oxygens (including phenoxy) is 1. The van der Waals surface area contributed by atoms with Gasteiger partial charge in [-0.3, -0.25) is 0 Å². The molecule has 0 amide bonds. The summed E-state index contributed by atoms with van der Waals surface area (Å²) in [6.45, 7) is -0.164. The molecule has 0 saturated heterocycles. The average Bonchev–Trinajstić information content (AvgIpc) is 2.60. The van der Waals surface area contributed by atoms with Crippen molar-refractivity contribution in [3.63, 3.8) is 0 Å². The van der Waals surface area contributed by atoms with Crippen molar-refractivity contribution in [2.45, 2.75) is 22.5 Å². The van der Waals surface area contributed by atoms with E-state index in [1.54, 1.807) is 18.2 Å². The third-order valence-corrected chi connectivity index (χ3v) is 6.40. The molecule has 148 valence electrons. The first kappa shape index (κ1) is 21.5. The number of benzene rings is 2. The van der Waals surface area contributed by atoms with Crippen molar-refractivity contribution in [2.75, 3.05) is 20.4 Å². The van der Waals surface area contributed by atoms with Crippen LogP contribution in [0.15, 0.2) is 46.2 Å². The van der Waals surface area contributed by atoms with Crippen LogP contribution in [0.1, 0.15) is 11.1 Å². The number of methoxy groups -OCH3 is 1. The Bertz CT molecular complexity index is 930. The van der Waals surface area contributed by atoms with Gasteiger partial charge in [-0.15, -0.1) is 11.8 Å². The molecular formula is C17H17F4NO3S2. The minimum atomic E-state index is -4.78. The molecule has 0 unspecified atom stereocenters. The highest BCUT2D eigenvalue weighted by Crippen LogP contribution is 2.33. The number of sulfonamides is 1. The molecule has 0 aliphatic heterocycles. The summed E-state index contributed by atoms with van der Waals surface area (Å²) in [5.41, 5.74) is -0.690. The molecule has 0 saturated carbocycles. The van der Waals surface area contributed by atoms with E-state index in [-0.39, 0.29) is 6.54 Å². The highest BCUT2D eigenvalue weighted by molar-refractivity contribution is 7.98. The molecule has 2 rings (SSSR count). The normalized spacial score (nSPS) is 12.4. The van der Waals surface area contributed by atoms with Crippen LogP contribution < -0.4 is 4.74 Å². The van der Waals surface area contributed by atoms with Crippen LogP contribution in [-0.4, -0.2) is 33.1 Å². The Morgan fingerprint density at radius 3 is 2.37 bits per heavy atom. The Balaban J connectivity index is 2.37. The maximum Gasteiger partial charge on any atom is 0.416 e. The summed E-state index contributed by atoms with van der Waals surface area (Å²) < 4.78 is 83.7. The molecule has 0 N–H and O–H groups in total. The second-order valence-electron chi connectivity index (χ2n) is 5.59. The fourth-order valence-electron chi connectivity index (χ4n) is 2.37. The van der Waals surface area contributed by atoms with E-state index in [2.05, 4.69) is 0 Å². The van der Waals surface area contributed by atoms with E-state index >= 15 is 0 Å². The van der Waals surface area contributed by atoms with Crippen molar-refractivity contribution in [1.29, 1.82) is 0 Å². The van der Waals surface area contributed by atoms with Gasteiger partial charge in [0.05, 0.1) is 12.7 Å². The fourth-order valence-corrected chi connectivity index (χ4v) is 4.16. The zero-order chi connectivity index (χ0) is 20.4. The van der Waals surface area contributed by atoms with Gasteiger partial charge in [-0.05, 0) is 42.2 Å². The highest BCUT2D eigenvalue weighted by atomic mass is 32.2. The minimum Gasteiger partial charge on any atom is -0.496 e. The van der Waals surface area contributed by atoms with Crippen LogP contribution in [-0.2, 0) is 22.7 Å². The third kappa shape index (κ3) is 4.74. The van der Waals surface area contributed by atoms with Crippen molar-refractivity contribution in [1.82, 2.24) is 4.31 Å². The molecule has 0 spiro atoms. The molecule has 0 radical (unpaired) electrons. The first-order valence-corrected chi connectivity index (χ1v) is 10.2.